The zero-order valence-electron chi connectivity index (χ0n) is 82.7. The summed E-state index contributed by atoms with van der Waals surface area (Å²) in [6, 6.07) is 3.70. The van der Waals surface area contributed by atoms with E-state index in [4.69, 9.17) is 64.4 Å². The van der Waals surface area contributed by atoms with E-state index in [1.807, 2.05) is 0 Å². The molecule has 5 aromatic carbocycles. The van der Waals surface area contributed by atoms with Crippen LogP contribution in [0.1, 0.15) is 192 Å². The van der Waals surface area contributed by atoms with Crippen molar-refractivity contribution in [2.75, 3.05) is 26.8 Å². The van der Waals surface area contributed by atoms with Crippen LogP contribution in [-0.2, 0) is 104 Å². The van der Waals surface area contributed by atoms with Crippen LogP contribution in [0.3, 0.4) is 0 Å². The number of primary amides is 1. The first kappa shape index (κ1) is 115. The molecule has 1 fully saturated rings. The molecule has 2 aliphatic carbocycles. The number of nitrogens with one attached hydrogen (secondary N) is 16. The number of ether oxygens (including phenoxy) is 3. The van der Waals surface area contributed by atoms with E-state index in [1.54, 1.807) is 53.7 Å². The number of benzene rings is 5. The Balaban J connectivity index is 0.932. The number of aromatic hydroxyl groups is 4. The first-order valence-electron chi connectivity index (χ1n) is 47.7. The summed E-state index contributed by atoms with van der Waals surface area (Å²) in [5, 5.41) is 133. The Morgan fingerprint density at radius 2 is 1.03 bits per heavy atom. The number of nitrogens with two attached hydrogens (primary N) is 4. The fraction of sp³-hybridized carbons (Fsp3) is 0.490. The number of phenols is 4. The Kier molecular flexibility index (Phi) is 41.5. The number of hydrogen-bond donors (Lipinski definition) is 27. The molecule has 2 heterocycles. The van der Waals surface area contributed by atoms with Gasteiger partial charge in [0.25, 0.3) is 5.91 Å². The largest absolute Gasteiger partial charge is 0.508 e. The van der Waals surface area contributed by atoms with E-state index >= 15 is 28.8 Å². The number of ketones is 2. The Labute approximate surface area is 846 Å². The number of guanidine groups is 2. The van der Waals surface area contributed by atoms with Gasteiger partial charge in [0.15, 0.2) is 30.6 Å². The SMILES string of the molecule is COc1cccc2c1C(=O)c1c(O)c3c(c(O)c1C2=O)C[C@@](O)(/C(C)=N/OCC(=O)N[C@@H](CC(C)C)C(=O)N[C@@H](CCCNC(=N)N)C(=O)N[C@@H](CCCNC(=N)N)C(=O)N[C@@H](Cc1ccc(O)cc1)C(=O)N[C@H](C(=O)N[C@@H](Cc1cnc[nH]1)C(=O)N[C@@H](CC(C)C)C(=O)N[C@@H](Cc1ccc(Cl)cc1)C(=O)N[C@@H](Cc1ccc(O)cc1)C(=O)N[C@@H](C)C(=O)N[C@H](C(N)=O)[C@@H](C)O)C(C)C)C[C@@H]3O[C@H]1C[C@H](N)[C@H](O)[C@H](C)O1. The van der Waals surface area contributed by atoms with E-state index in [0.29, 0.717) is 27.4 Å². The van der Waals surface area contributed by atoms with Crippen molar-refractivity contribution in [3.05, 3.63) is 164 Å². The highest BCUT2D eigenvalue weighted by molar-refractivity contribution is 6.32. The standard InChI is InChI=1S/C98H133ClN22O25/c1-45(2)33-64(111-72(125)43-144-121-51(10)98(142)40-60-75(71(41-98)146-73-39-61(100)80(126)50(9)145-73)84(130)77-76(82(60)128)81(127)59-15-12-18-70(143-11)74(59)83(77)129)90(136)113-62(16-13-31-107-96(102)103)87(133)112-63(17-14-32-108-97(104)105)88(134)115-68(37-54-23-29-58(124)30-24-54)94(140)119-78(47(5)6)95(141)118-69(38-56-42-106-44-109-56)93(139)114-65(34-46(3)4)91(137)117-67(35-52-19-25-55(99)26-20-52)92(138)116-66(36-53-21-27-57(123)28-22-53)89(135)110-48(7)86(132)120-79(49(8)122)85(101)131/h12,15,18-30,42,44-50,61-69,71,73,78-80,122-124,126,128,130,142H,13-14,16-17,31-41,43,100H2,1-11H3,(H2,101,131)(H,106,109)(H,110,135)(H,111,125)(H,112,133)(H,113,136)(H,114,139)(H,115,134)(H,116,138)(H,117,137)(H,118,141)(H,119,140)(H,120,132)(H4,102,103,107)(H4,104,105,108)/b121-51+/t48-,49+,50-,61-,62-,63-,64-,65-,66-,67-,68-,69-,71-,73-,78-,79-,80+,98-/m0/s1. The fourth-order valence-corrected chi connectivity index (χ4v) is 17.1. The van der Waals surface area contributed by atoms with E-state index in [1.165, 1.54) is 126 Å². The van der Waals surface area contributed by atoms with E-state index < -0.39 is 251 Å². The number of aliphatic hydroxyl groups is 3. The molecule has 0 unspecified atom stereocenters. The zero-order valence-corrected chi connectivity index (χ0v) is 83.5. The van der Waals surface area contributed by atoms with Crippen molar-refractivity contribution >= 4 is 112 Å². The summed E-state index contributed by atoms with van der Waals surface area (Å²) >= 11 is 6.28. The smallest absolute Gasteiger partial charge is 0.261 e. The molecule has 31 N–H and O–H groups in total. The number of H-pyrrole nitrogens is 1. The van der Waals surface area contributed by atoms with Gasteiger partial charge in [0, 0.05) is 97.7 Å². The van der Waals surface area contributed by atoms with E-state index in [-0.39, 0.29) is 141 Å². The second kappa shape index (κ2) is 52.7. The maximum absolute atomic E-state index is 15.3. The van der Waals surface area contributed by atoms with E-state index in [2.05, 4.69) is 84.2 Å². The van der Waals surface area contributed by atoms with Gasteiger partial charge in [-0.3, -0.25) is 77.9 Å². The number of oxime groups is 1. The summed E-state index contributed by atoms with van der Waals surface area (Å²) in [5.74, 6) is -17.7. The number of carbonyl (C=O) groups excluding carboxylic acids is 14. The molecule has 47 nitrogen and oxygen atoms in total. The predicted octanol–water partition coefficient (Wildman–Crippen LogP) is -0.916. The summed E-state index contributed by atoms with van der Waals surface area (Å²) in [6.07, 6.45) is -6.57. The third-order valence-corrected chi connectivity index (χ3v) is 25.1. The molecular weight excluding hydrogens is 1920 g/mol. The van der Waals surface area contributed by atoms with Gasteiger partial charge in [0.05, 0.1) is 60.3 Å². The average molecular weight is 2050 g/mol. The highest BCUT2D eigenvalue weighted by atomic mass is 35.5. The minimum Gasteiger partial charge on any atom is -0.508 e. The highest BCUT2D eigenvalue weighted by Gasteiger charge is 2.50. The molecule has 0 radical (unpaired) electrons. The number of nitrogens with zero attached hydrogens (tertiary/aromatic N) is 2. The van der Waals surface area contributed by atoms with Crippen molar-refractivity contribution in [1.82, 2.24) is 79.1 Å². The molecule has 48 heteroatoms. The lowest BCUT2D eigenvalue weighted by molar-refractivity contribution is -0.245. The fourth-order valence-electron chi connectivity index (χ4n) is 17.0. The molecular formula is C98H133ClN22O25. The van der Waals surface area contributed by atoms with Gasteiger partial charge in [0.1, 0.15) is 101 Å². The number of imidazole rings is 1. The first-order valence-corrected chi connectivity index (χ1v) is 48.1. The number of carbonyl (C=O) groups is 14. The lowest BCUT2D eigenvalue weighted by Gasteiger charge is -2.42. The summed E-state index contributed by atoms with van der Waals surface area (Å²) in [7, 11) is 1.28. The van der Waals surface area contributed by atoms with Crippen LogP contribution in [0.4, 0.5) is 0 Å². The van der Waals surface area contributed by atoms with Crippen LogP contribution in [0, 0.1) is 28.6 Å². The Morgan fingerprint density at radius 3 is 1.50 bits per heavy atom. The number of amides is 12. The topological polar surface area (TPSA) is 767 Å². The number of aliphatic hydroxyl groups excluding tert-OH is 2. The molecule has 9 rings (SSSR count). The maximum atomic E-state index is 15.3. The number of rotatable bonds is 51. The minimum atomic E-state index is -2.22. The summed E-state index contributed by atoms with van der Waals surface area (Å²) in [4.78, 5) is 216. The van der Waals surface area contributed by atoms with Crippen molar-refractivity contribution in [1.29, 1.82) is 10.8 Å². The third-order valence-electron chi connectivity index (χ3n) is 24.9. The summed E-state index contributed by atoms with van der Waals surface area (Å²) in [6.45, 7) is 14.4. The molecule has 1 aliphatic heterocycles. The normalized spacial score (nSPS) is 18.9. The van der Waals surface area contributed by atoms with Gasteiger partial charge >= 0.3 is 0 Å². The van der Waals surface area contributed by atoms with Gasteiger partial charge in [0.2, 0.25) is 70.8 Å². The number of phenolic OH excluding ortho intramolecular Hbond substituents is 4. The molecule has 12 amide bonds. The molecule has 6 aromatic rings. The number of aromatic nitrogens is 2. The van der Waals surface area contributed by atoms with Crippen molar-refractivity contribution in [2.45, 2.75) is 262 Å². The lowest BCUT2D eigenvalue weighted by atomic mass is 9.72. The van der Waals surface area contributed by atoms with Crippen molar-refractivity contribution < 1.29 is 122 Å². The molecule has 1 saturated heterocycles. The first-order chi connectivity index (χ1) is 68.9. The predicted molar refractivity (Wildman–Crippen MR) is 530 cm³/mol. The van der Waals surface area contributed by atoms with E-state index in [0.717, 1.165) is 0 Å². The van der Waals surface area contributed by atoms with Crippen LogP contribution in [0.25, 0.3) is 0 Å². The van der Waals surface area contributed by atoms with Gasteiger partial charge in [-0.05, 0) is 143 Å². The average Bonchev–Trinajstić information content (AvgIpc) is 0.740. The summed E-state index contributed by atoms with van der Waals surface area (Å²) < 4.78 is 17.8. The second-order valence-electron chi connectivity index (χ2n) is 37.7. The minimum absolute atomic E-state index is 0.00508. The quantitative estimate of drug-likeness (QED) is 0.00721. The van der Waals surface area contributed by atoms with Crippen LogP contribution < -0.4 is 96.8 Å². The molecule has 146 heavy (non-hydrogen) atoms. The molecule has 18 atom stereocenters. The number of hydrogen-bond acceptors (Lipinski definition) is 30. The van der Waals surface area contributed by atoms with Crippen molar-refractivity contribution in [3.63, 3.8) is 0 Å². The number of fused-ring (bicyclic) bond motifs is 3. The lowest BCUT2D eigenvalue weighted by Crippen LogP contribution is -2.62. The van der Waals surface area contributed by atoms with Gasteiger partial charge in [-0.15, -0.1) is 0 Å². The zero-order chi connectivity index (χ0) is 108. The number of halogens is 1. The maximum Gasteiger partial charge on any atom is 0.261 e. The molecule has 0 bridgehead atoms. The van der Waals surface area contributed by atoms with E-state index in [9.17, 15) is 74.1 Å². The van der Waals surface area contributed by atoms with Gasteiger partial charge in [-0.1, -0.05) is 107 Å². The second-order valence-corrected chi connectivity index (χ2v) is 38.2. The molecule has 0 spiro atoms. The van der Waals surface area contributed by atoms with Crippen LogP contribution in [0.5, 0.6) is 28.7 Å². The van der Waals surface area contributed by atoms with Crippen molar-refractivity contribution in [2.24, 2.45) is 45.8 Å². The summed E-state index contributed by atoms with van der Waals surface area (Å²) in [5.41, 5.74) is 20.1. The number of methoxy groups -OCH3 is 1. The third kappa shape index (κ3) is 31.9. The Bertz CT molecular complexity index is 5710. The van der Waals surface area contributed by atoms with Crippen LogP contribution in [0.15, 0.2) is 109 Å². The monoisotopic (exact) mass is 2050 g/mol. The molecule has 3 aliphatic rings. The van der Waals surface area contributed by atoms with Gasteiger partial charge < -0.3 is 152 Å². The Hall–Kier alpha value is -14.7. The molecule has 792 valence electrons. The Morgan fingerprint density at radius 1 is 0.575 bits per heavy atom. The van der Waals surface area contributed by atoms with Crippen LogP contribution >= 0.6 is 11.6 Å². The van der Waals surface area contributed by atoms with Crippen LogP contribution in [-0.4, -0.2) is 275 Å². The van der Waals surface area contributed by atoms with Crippen LogP contribution in [0.2, 0.25) is 5.02 Å². The van der Waals surface area contributed by atoms with Crippen molar-refractivity contribution in [3.8, 4) is 28.7 Å². The molecule has 0 saturated carbocycles. The van der Waals surface area contributed by atoms with Gasteiger partial charge in [-0.2, -0.15) is 0 Å². The highest BCUT2D eigenvalue weighted by Crippen LogP contribution is 2.53. The van der Waals surface area contributed by atoms with Gasteiger partial charge in [-0.25, -0.2) is 4.98 Å². The molecule has 1 aromatic heterocycles. The number of aromatic amines is 1.